The molecule has 0 spiro atoms. The van der Waals surface area contributed by atoms with Gasteiger partial charge in [0.2, 0.25) is 10.0 Å². The largest absolute Gasteiger partial charge is 0.350 e. The number of rotatable bonds is 7. The first-order valence-electron chi connectivity index (χ1n) is 9.62. The lowest BCUT2D eigenvalue weighted by Crippen LogP contribution is -2.12. The first-order chi connectivity index (χ1) is 15.8. The van der Waals surface area contributed by atoms with Gasteiger partial charge in [0.1, 0.15) is 17.8 Å². The Kier molecular flexibility index (Phi) is 5.98. The Morgan fingerprint density at radius 3 is 2.15 bits per heavy atom. The van der Waals surface area contributed by atoms with Gasteiger partial charge in [0, 0.05) is 29.1 Å². The van der Waals surface area contributed by atoms with E-state index in [1.165, 1.54) is 18.5 Å². The van der Waals surface area contributed by atoms with Crippen LogP contribution in [0.5, 0.6) is 0 Å². The Morgan fingerprint density at radius 1 is 0.848 bits per heavy atom. The molecule has 166 valence electrons. The normalized spacial score (nSPS) is 11.1. The maximum Gasteiger partial charge on any atom is 0.294 e. The number of aromatic nitrogens is 2. The summed E-state index contributed by atoms with van der Waals surface area (Å²) in [6.07, 6.45) is 1.48. The Labute approximate surface area is 189 Å². The minimum Gasteiger partial charge on any atom is -0.350 e. The molecule has 0 radical (unpaired) electrons. The van der Waals surface area contributed by atoms with Gasteiger partial charge in [-0.2, -0.15) is 0 Å². The molecule has 33 heavy (non-hydrogen) atoms. The number of benzene rings is 3. The van der Waals surface area contributed by atoms with Gasteiger partial charge >= 0.3 is 0 Å². The van der Waals surface area contributed by atoms with Crippen molar-refractivity contribution in [2.75, 3.05) is 10.6 Å². The highest BCUT2D eigenvalue weighted by Crippen LogP contribution is 2.30. The Bertz CT molecular complexity index is 1410. The van der Waals surface area contributed by atoms with Crippen LogP contribution < -0.4 is 15.8 Å². The second-order valence-corrected chi connectivity index (χ2v) is 8.52. The van der Waals surface area contributed by atoms with E-state index in [-0.39, 0.29) is 10.6 Å². The van der Waals surface area contributed by atoms with Crippen molar-refractivity contribution in [2.45, 2.75) is 4.90 Å². The standard InChI is InChI=1S/C22H18N6O4S/c23-33(31,32)18-10-11-19(21(12-18)28(29)30)26-16-6-8-17(9-7-16)27-22-13-20(24-14-25-22)15-4-2-1-3-5-15/h1-14,26H,(H2,23,31,32)(H,24,25,27). The molecule has 4 rings (SSSR count). The number of anilines is 4. The number of nitrogens with zero attached hydrogens (tertiary/aromatic N) is 3. The summed E-state index contributed by atoms with van der Waals surface area (Å²) in [6, 6.07) is 22.0. The van der Waals surface area contributed by atoms with Crippen molar-refractivity contribution in [3.63, 3.8) is 0 Å². The zero-order valence-electron chi connectivity index (χ0n) is 17.0. The van der Waals surface area contributed by atoms with E-state index in [0.29, 0.717) is 11.5 Å². The molecule has 0 aliphatic carbocycles. The smallest absolute Gasteiger partial charge is 0.294 e. The van der Waals surface area contributed by atoms with Crippen molar-refractivity contribution in [3.8, 4) is 11.3 Å². The van der Waals surface area contributed by atoms with Crippen LogP contribution in [0.15, 0.2) is 90.1 Å². The van der Waals surface area contributed by atoms with E-state index in [4.69, 9.17) is 5.14 Å². The van der Waals surface area contributed by atoms with Crippen LogP contribution in [0.1, 0.15) is 0 Å². The summed E-state index contributed by atoms with van der Waals surface area (Å²) in [5.41, 5.74) is 2.80. The molecule has 0 bridgehead atoms. The lowest BCUT2D eigenvalue weighted by atomic mass is 10.1. The Morgan fingerprint density at radius 2 is 1.52 bits per heavy atom. The lowest BCUT2D eigenvalue weighted by molar-refractivity contribution is -0.384. The second kappa shape index (κ2) is 9.02. The van der Waals surface area contributed by atoms with Gasteiger partial charge < -0.3 is 10.6 Å². The third-order valence-electron chi connectivity index (χ3n) is 4.67. The molecule has 0 saturated heterocycles. The van der Waals surface area contributed by atoms with Crippen molar-refractivity contribution in [2.24, 2.45) is 5.14 Å². The van der Waals surface area contributed by atoms with Gasteiger partial charge in [0.25, 0.3) is 5.69 Å². The second-order valence-electron chi connectivity index (χ2n) is 6.96. The highest BCUT2D eigenvalue weighted by molar-refractivity contribution is 7.89. The molecule has 3 aromatic carbocycles. The molecule has 0 aliphatic heterocycles. The number of primary sulfonamides is 1. The Hall–Kier alpha value is -4.35. The van der Waals surface area contributed by atoms with E-state index in [0.717, 1.165) is 23.0 Å². The molecule has 1 heterocycles. The number of nitro groups is 1. The van der Waals surface area contributed by atoms with Crippen molar-refractivity contribution in [1.29, 1.82) is 0 Å². The fourth-order valence-corrected chi connectivity index (χ4v) is 3.61. The summed E-state index contributed by atoms with van der Waals surface area (Å²) in [7, 11) is -4.06. The van der Waals surface area contributed by atoms with Crippen LogP contribution in [0.3, 0.4) is 0 Å². The van der Waals surface area contributed by atoms with Crippen molar-refractivity contribution >= 4 is 38.6 Å². The summed E-state index contributed by atoms with van der Waals surface area (Å²) in [6.45, 7) is 0. The van der Waals surface area contributed by atoms with E-state index < -0.39 is 20.6 Å². The van der Waals surface area contributed by atoms with Crippen molar-refractivity contribution in [3.05, 3.63) is 95.3 Å². The van der Waals surface area contributed by atoms with E-state index in [1.807, 2.05) is 36.4 Å². The van der Waals surface area contributed by atoms with Gasteiger partial charge in [0.05, 0.1) is 15.5 Å². The fourth-order valence-electron chi connectivity index (χ4n) is 3.08. The minimum atomic E-state index is -4.06. The Balaban J connectivity index is 1.51. The average Bonchev–Trinajstić information content (AvgIpc) is 2.80. The highest BCUT2D eigenvalue weighted by atomic mass is 32.2. The number of hydrogen-bond acceptors (Lipinski definition) is 8. The summed E-state index contributed by atoms with van der Waals surface area (Å²) in [5, 5.41) is 22.6. The van der Waals surface area contributed by atoms with Gasteiger partial charge in [-0.25, -0.2) is 23.5 Å². The van der Waals surface area contributed by atoms with Gasteiger partial charge in [0.15, 0.2) is 0 Å². The average molecular weight is 462 g/mol. The molecule has 11 heteroatoms. The van der Waals surface area contributed by atoms with Crippen LogP contribution in [0.4, 0.5) is 28.6 Å². The molecule has 0 unspecified atom stereocenters. The minimum absolute atomic E-state index is 0.136. The van der Waals surface area contributed by atoms with Crippen LogP contribution >= 0.6 is 0 Å². The maximum absolute atomic E-state index is 11.5. The molecule has 10 nitrogen and oxygen atoms in total. The molecular weight excluding hydrogens is 444 g/mol. The molecule has 4 aromatic rings. The summed E-state index contributed by atoms with van der Waals surface area (Å²) in [5.74, 6) is 0.610. The first-order valence-corrected chi connectivity index (χ1v) is 11.2. The number of nitro benzene ring substituents is 1. The third kappa shape index (κ3) is 5.29. The van der Waals surface area contributed by atoms with E-state index >= 15 is 0 Å². The molecular formula is C22H18N6O4S. The SMILES string of the molecule is NS(=O)(=O)c1ccc(Nc2ccc(Nc3cc(-c4ccccc4)ncn3)cc2)c([N+](=O)[O-])c1. The van der Waals surface area contributed by atoms with Gasteiger partial charge in [-0.1, -0.05) is 30.3 Å². The zero-order valence-corrected chi connectivity index (χ0v) is 17.9. The number of sulfonamides is 1. The summed E-state index contributed by atoms with van der Waals surface area (Å²) >= 11 is 0. The number of hydrogen-bond donors (Lipinski definition) is 3. The van der Waals surface area contributed by atoms with Crippen LogP contribution in [0.25, 0.3) is 11.3 Å². The predicted molar refractivity (Wildman–Crippen MR) is 125 cm³/mol. The molecule has 0 amide bonds. The van der Waals surface area contributed by atoms with Crippen LogP contribution in [-0.2, 0) is 10.0 Å². The number of nitrogens with two attached hydrogens (primary N) is 1. The number of nitrogens with one attached hydrogen (secondary N) is 2. The molecule has 1 aromatic heterocycles. The quantitative estimate of drug-likeness (QED) is 0.273. The fraction of sp³-hybridized carbons (Fsp3) is 0. The highest BCUT2D eigenvalue weighted by Gasteiger charge is 2.19. The van der Waals surface area contributed by atoms with E-state index in [2.05, 4.69) is 20.6 Å². The third-order valence-corrected chi connectivity index (χ3v) is 5.58. The molecule has 0 atom stereocenters. The van der Waals surface area contributed by atoms with Gasteiger partial charge in [-0.3, -0.25) is 10.1 Å². The predicted octanol–water partition coefficient (Wildman–Crippen LogP) is 4.19. The van der Waals surface area contributed by atoms with Crippen molar-refractivity contribution < 1.29 is 13.3 Å². The molecule has 0 saturated carbocycles. The summed E-state index contributed by atoms with van der Waals surface area (Å²) in [4.78, 5) is 18.9. The van der Waals surface area contributed by atoms with Gasteiger partial charge in [-0.15, -0.1) is 0 Å². The van der Waals surface area contributed by atoms with Crippen molar-refractivity contribution in [1.82, 2.24) is 9.97 Å². The van der Waals surface area contributed by atoms with Gasteiger partial charge in [-0.05, 0) is 36.4 Å². The monoisotopic (exact) mass is 462 g/mol. The topological polar surface area (TPSA) is 153 Å². The molecule has 4 N–H and O–H groups in total. The van der Waals surface area contributed by atoms with E-state index in [1.54, 1.807) is 24.3 Å². The summed E-state index contributed by atoms with van der Waals surface area (Å²) < 4.78 is 23.0. The molecule has 0 fully saturated rings. The van der Waals surface area contributed by atoms with Crippen LogP contribution in [0, 0.1) is 10.1 Å². The van der Waals surface area contributed by atoms with Crippen LogP contribution in [0.2, 0.25) is 0 Å². The van der Waals surface area contributed by atoms with E-state index in [9.17, 15) is 18.5 Å². The zero-order chi connectivity index (χ0) is 23.4. The molecule has 0 aliphatic rings. The lowest BCUT2D eigenvalue weighted by Gasteiger charge is -2.10. The first kappa shape index (κ1) is 21.9. The van der Waals surface area contributed by atoms with Crippen LogP contribution in [-0.4, -0.2) is 23.3 Å². The maximum atomic E-state index is 11.5.